The molecule has 1 heterocycles. The summed E-state index contributed by atoms with van der Waals surface area (Å²) in [6.45, 7) is 1.17. The van der Waals surface area contributed by atoms with Crippen molar-refractivity contribution in [2.24, 2.45) is 0 Å². The Kier molecular flexibility index (Phi) is 3.97. The summed E-state index contributed by atoms with van der Waals surface area (Å²) in [5.41, 5.74) is -2.24. The van der Waals surface area contributed by atoms with Gasteiger partial charge in [0.25, 0.3) is 5.91 Å². The van der Waals surface area contributed by atoms with Crippen molar-refractivity contribution in [1.82, 2.24) is 4.90 Å². The molecule has 0 aliphatic carbocycles. The summed E-state index contributed by atoms with van der Waals surface area (Å²) < 4.78 is 51.7. The van der Waals surface area contributed by atoms with Crippen molar-refractivity contribution in [3.8, 4) is 0 Å². The molecule has 1 aliphatic heterocycles. The lowest BCUT2D eigenvalue weighted by molar-refractivity contribution is -0.271. The Hall–Kier alpha value is -1.63. The molecule has 0 bridgehead atoms. The Bertz CT molecular complexity index is 548. The molecule has 1 amide bonds. The van der Waals surface area contributed by atoms with Crippen LogP contribution in [-0.2, 0) is 0 Å². The number of amides is 1. The lowest BCUT2D eigenvalue weighted by Gasteiger charge is -2.39. The average Bonchev–Trinajstić information content (AvgIpc) is 2.40. The smallest absolute Gasteiger partial charge is 0.380 e. The van der Waals surface area contributed by atoms with Crippen LogP contribution in [0.4, 0.5) is 17.6 Å². The lowest BCUT2D eigenvalue weighted by Crippen LogP contribution is -2.54. The van der Waals surface area contributed by atoms with Gasteiger partial charge in [-0.15, -0.1) is 0 Å². The number of hydrogen-bond donors (Lipinski definition) is 1. The summed E-state index contributed by atoms with van der Waals surface area (Å²) in [4.78, 5) is 13.3. The minimum absolute atomic E-state index is 0.160. The maximum atomic E-state index is 13.6. The third-order valence-electron chi connectivity index (χ3n) is 3.76. The number of carbonyl (C=O) groups is 1. The Labute approximate surface area is 119 Å². The van der Waals surface area contributed by atoms with Crippen LogP contribution in [0, 0.1) is 12.7 Å². The van der Waals surface area contributed by atoms with E-state index in [1.165, 1.54) is 12.1 Å². The summed E-state index contributed by atoms with van der Waals surface area (Å²) >= 11 is 0. The van der Waals surface area contributed by atoms with Gasteiger partial charge in [0, 0.05) is 25.9 Å². The van der Waals surface area contributed by atoms with E-state index in [-0.39, 0.29) is 18.7 Å². The number of aliphatic hydroxyl groups is 1. The van der Waals surface area contributed by atoms with E-state index in [4.69, 9.17) is 0 Å². The van der Waals surface area contributed by atoms with E-state index in [9.17, 15) is 27.5 Å². The zero-order valence-electron chi connectivity index (χ0n) is 11.4. The van der Waals surface area contributed by atoms with Crippen LogP contribution in [0.2, 0.25) is 0 Å². The molecular formula is C14H15F4NO2. The van der Waals surface area contributed by atoms with Gasteiger partial charge in [-0.25, -0.2) is 4.39 Å². The van der Waals surface area contributed by atoms with Crippen LogP contribution in [0.1, 0.15) is 28.8 Å². The largest absolute Gasteiger partial charge is 0.417 e. The lowest BCUT2D eigenvalue weighted by atomic mass is 9.90. The number of piperidine rings is 1. The Morgan fingerprint density at radius 1 is 1.29 bits per heavy atom. The normalized spacial score (nSPS) is 18.7. The zero-order chi connectivity index (χ0) is 15.8. The van der Waals surface area contributed by atoms with E-state index in [0.29, 0.717) is 5.56 Å². The second kappa shape index (κ2) is 5.29. The fourth-order valence-corrected chi connectivity index (χ4v) is 2.34. The predicted octanol–water partition coefficient (Wildman–Crippen LogP) is 2.66. The van der Waals surface area contributed by atoms with Gasteiger partial charge in [0.15, 0.2) is 5.60 Å². The maximum Gasteiger partial charge on any atom is 0.417 e. The van der Waals surface area contributed by atoms with Gasteiger partial charge in [-0.2, -0.15) is 13.2 Å². The van der Waals surface area contributed by atoms with Crippen molar-refractivity contribution in [3.63, 3.8) is 0 Å². The van der Waals surface area contributed by atoms with Crippen LogP contribution in [0.25, 0.3) is 0 Å². The number of alkyl halides is 3. The second-order valence-electron chi connectivity index (χ2n) is 5.30. The van der Waals surface area contributed by atoms with Crippen LogP contribution in [-0.4, -0.2) is 40.8 Å². The van der Waals surface area contributed by atoms with Gasteiger partial charge in [-0.05, 0) is 19.1 Å². The van der Waals surface area contributed by atoms with Gasteiger partial charge in [0.05, 0.1) is 5.56 Å². The topological polar surface area (TPSA) is 40.5 Å². The van der Waals surface area contributed by atoms with E-state index in [2.05, 4.69) is 0 Å². The molecule has 0 atom stereocenters. The quantitative estimate of drug-likeness (QED) is 0.810. The molecule has 3 nitrogen and oxygen atoms in total. The molecule has 0 unspecified atom stereocenters. The van der Waals surface area contributed by atoms with Crippen LogP contribution < -0.4 is 0 Å². The summed E-state index contributed by atoms with van der Waals surface area (Å²) in [6, 6.07) is 4.02. The molecule has 116 valence electrons. The fourth-order valence-electron chi connectivity index (χ4n) is 2.34. The van der Waals surface area contributed by atoms with Gasteiger partial charge in [-0.3, -0.25) is 4.79 Å². The van der Waals surface area contributed by atoms with Crippen LogP contribution in [0.3, 0.4) is 0 Å². The monoisotopic (exact) mass is 305 g/mol. The summed E-state index contributed by atoms with van der Waals surface area (Å²) in [7, 11) is 0. The predicted molar refractivity (Wildman–Crippen MR) is 67.3 cm³/mol. The highest BCUT2D eigenvalue weighted by Crippen LogP contribution is 2.38. The molecule has 1 aliphatic rings. The first kappa shape index (κ1) is 15.8. The molecular weight excluding hydrogens is 290 g/mol. The molecule has 7 heteroatoms. The molecule has 1 saturated heterocycles. The molecule has 1 aromatic carbocycles. The molecule has 0 spiro atoms. The van der Waals surface area contributed by atoms with Gasteiger partial charge in [0.2, 0.25) is 0 Å². The summed E-state index contributed by atoms with van der Waals surface area (Å²) in [5.74, 6) is -1.36. The first-order valence-corrected chi connectivity index (χ1v) is 6.48. The number of nitrogens with zero attached hydrogens (tertiary/aromatic N) is 1. The molecule has 1 aromatic rings. The molecule has 2 rings (SSSR count). The van der Waals surface area contributed by atoms with Crippen molar-refractivity contribution in [2.75, 3.05) is 13.1 Å². The zero-order valence-corrected chi connectivity index (χ0v) is 11.4. The minimum atomic E-state index is -4.73. The van der Waals surface area contributed by atoms with E-state index in [1.807, 2.05) is 0 Å². The second-order valence-corrected chi connectivity index (χ2v) is 5.30. The van der Waals surface area contributed by atoms with E-state index >= 15 is 0 Å². The van der Waals surface area contributed by atoms with Gasteiger partial charge >= 0.3 is 6.18 Å². The van der Waals surface area contributed by atoms with Gasteiger partial charge in [-0.1, -0.05) is 11.6 Å². The van der Waals surface area contributed by atoms with Crippen LogP contribution in [0.5, 0.6) is 0 Å². The number of aryl methyl sites for hydroxylation is 1. The highest BCUT2D eigenvalue weighted by molar-refractivity contribution is 5.94. The molecule has 0 saturated carbocycles. The Balaban J connectivity index is 2.12. The standard InChI is InChI=1S/C14H15F4NO2/c1-9-2-3-11(15)10(8-9)12(20)19-6-4-13(21,5-7-19)14(16,17)18/h2-3,8,21H,4-7H2,1H3. The van der Waals surface area contributed by atoms with Crippen molar-refractivity contribution in [3.05, 3.63) is 35.1 Å². The number of benzene rings is 1. The van der Waals surface area contributed by atoms with Crippen LogP contribution in [0.15, 0.2) is 18.2 Å². The van der Waals surface area contributed by atoms with Gasteiger partial charge in [0.1, 0.15) is 5.82 Å². The summed E-state index contributed by atoms with van der Waals surface area (Å²) in [6.07, 6.45) is -5.93. The molecule has 1 fully saturated rings. The summed E-state index contributed by atoms with van der Waals surface area (Å²) in [5, 5.41) is 9.54. The number of hydrogen-bond acceptors (Lipinski definition) is 2. The van der Waals surface area contributed by atoms with E-state index in [0.717, 1.165) is 11.0 Å². The Morgan fingerprint density at radius 3 is 2.38 bits per heavy atom. The van der Waals surface area contributed by atoms with Crippen molar-refractivity contribution >= 4 is 5.91 Å². The first-order valence-electron chi connectivity index (χ1n) is 6.48. The van der Waals surface area contributed by atoms with E-state index < -0.39 is 36.3 Å². The first-order chi connectivity index (χ1) is 9.64. The number of rotatable bonds is 1. The van der Waals surface area contributed by atoms with E-state index in [1.54, 1.807) is 6.92 Å². The molecule has 0 radical (unpaired) electrons. The highest BCUT2D eigenvalue weighted by Gasteiger charge is 2.54. The Morgan fingerprint density at radius 2 is 1.86 bits per heavy atom. The van der Waals surface area contributed by atoms with Crippen molar-refractivity contribution in [2.45, 2.75) is 31.5 Å². The number of halogens is 4. The SMILES string of the molecule is Cc1ccc(F)c(C(=O)N2CCC(O)(C(F)(F)F)CC2)c1. The van der Waals surface area contributed by atoms with Crippen LogP contribution >= 0.6 is 0 Å². The van der Waals surface area contributed by atoms with Crippen molar-refractivity contribution < 1.29 is 27.5 Å². The molecule has 0 aromatic heterocycles. The third-order valence-corrected chi connectivity index (χ3v) is 3.76. The number of likely N-dealkylation sites (tertiary alicyclic amines) is 1. The molecule has 21 heavy (non-hydrogen) atoms. The van der Waals surface area contributed by atoms with Crippen molar-refractivity contribution in [1.29, 1.82) is 0 Å². The average molecular weight is 305 g/mol. The number of carbonyl (C=O) groups excluding carboxylic acids is 1. The fraction of sp³-hybridized carbons (Fsp3) is 0.500. The third kappa shape index (κ3) is 3.02. The molecule has 1 N–H and O–H groups in total. The highest BCUT2D eigenvalue weighted by atomic mass is 19.4. The maximum absolute atomic E-state index is 13.6. The van der Waals surface area contributed by atoms with Gasteiger partial charge < -0.3 is 10.0 Å². The minimum Gasteiger partial charge on any atom is -0.380 e.